The highest BCUT2D eigenvalue weighted by Crippen LogP contribution is 2.12. The molecule has 132 valence electrons. The highest BCUT2D eigenvalue weighted by atomic mass is 19.1. The maximum Gasteiger partial charge on any atom is 0.224 e. The Balaban J connectivity index is 1.87. The third kappa shape index (κ3) is 5.91. The van der Waals surface area contributed by atoms with E-state index in [2.05, 4.69) is 5.32 Å². The van der Waals surface area contributed by atoms with Crippen molar-refractivity contribution in [3.8, 4) is 5.75 Å². The van der Waals surface area contributed by atoms with Crippen LogP contribution in [0.1, 0.15) is 11.1 Å². The van der Waals surface area contributed by atoms with Crippen LogP contribution in [0.15, 0.2) is 48.5 Å². The van der Waals surface area contributed by atoms with Crippen LogP contribution in [0.5, 0.6) is 5.75 Å². The van der Waals surface area contributed by atoms with Crippen molar-refractivity contribution in [2.24, 2.45) is 11.7 Å². The van der Waals surface area contributed by atoms with Gasteiger partial charge in [-0.05, 0) is 41.8 Å². The third-order valence-corrected chi connectivity index (χ3v) is 3.87. The molecule has 25 heavy (non-hydrogen) atoms. The zero-order chi connectivity index (χ0) is 18.2. The lowest BCUT2D eigenvalue weighted by Crippen LogP contribution is -2.37. The average Bonchev–Trinajstić information content (AvgIpc) is 2.60. The topological polar surface area (TPSA) is 81.4 Å². The van der Waals surface area contributed by atoms with E-state index in [1.807, 2.05) is 12.1 Å². The van der Waals surface area contributed by atoms with Crippen LogP contribution in [0.25, 0.3) is 0 Å². The van der Waals surface area contributed by atoms with Crippen LogP contribution in [-0.4, -0.2) is 25.5 Å². The van der Waals surface area contributed by atoms with Crippen LogP contribution < -0.4 is 15.8 Å². The number of amides is 2. The molecule has 2 rings (SSSR count). The van der Waals surface area contributed by atoms with E-state index in [1.165, 1.54) is 12.1 Å². The van der Waals surface area contributed by atoms with Crippen molar-refractivity contribution in [3.63, 3.8) is 0 Å². The highest BCUT2D eigenvalue weighted by Gasteiger charge is 2.17. The van der Waals surface area contributed by atoms with E-state index < -0.39 is 11.8 Å². The van der Waals surface area contributed by atoms with E-state index in [1.54, 1.807) is 31.4 Å². The van der Waals surface area contributed by atoms with Crippen molar-refractivity contribution in [1.82, 2.24) is 5.32 Å². The van der Waals surface area contributed by atoms with Gasteiger partial charge in [0.05, 0.1) is 19.4 Å². The minimum atomic E-state index is -0.551. The Morgan fingerprint density at radius 3 is 2.24 bits per heavy atom. The summed E-state index contributed by atoms with van der Waals surface area (Å²) in [5.74, 6) is -0.876. The molecule has 5 nitrogen and oxygen atoms in total. The van der Waals surface area contributed by atoms with Crippen LogP contribution in [0.3, 0.4) is 0 Å². The second-order valence-corrected chi connectivity index (χ2v) is 5.76. The Morgan fingerprint density at radius 1 is 1.08 bits per heavy atom. The fraction of sp³-hybridized carbons (Fsp3) is 0.263. The second-order valence-electron chi connectivity index (χ2n) is 5.76. The summed E-state index contributed by atoms with van der Waals surface area (Å²) in [6, 6.07) is 13.0. The van der Waals surface area contributed by atoms with Crippen molar-refractivity contribution in [2.45, 2.75) is 12.8 Å². The molecule has 2 amide bonds. The second kappa shape index (κ2) is 8.82. The lowest BCUT2D eigenvalue weighted by Gasteiger charge is -2.14. The van der Waals surface area contributed by atoms with Gasteiger partial charge in [-0.1, -0.05) is 24.3 Å². The monoisotopic (exact) mass is 344 g/mol. The molecule has 3 N–H and O–H groups in total. The molecule has 0 fully saturated rings. The first kappa shape index (κ1) is 18.4. The quantitative estimate of drug-likeness (QED) is 0.767. The fourth-order valence-corrected chi connectivity index (χ4v) is 2.41. The van der Waals surface area contributed by atoms with Crippen molar-refractivity contribution in [2.75, 3.05) is 13.7 Å². The predicted molar refractivity (Wildman–Crippen MR) is 92.5 cm³/mol. The molecule has 2 aromatic carbocycles. The number of carbonyl (C=O) groups excluding carboxylic acids is 2. The molecule has 0 saturated heterocycles. The van der Waals surface area contributed by atoms with Gasteiger partial charge >= 0.3 is 0 Å². The van der Waals surface area contributed by atoms with Crippen LogP contribution in [0.4, 0.5) is 4.39 Å². The number of nitrogens with one attached hydrogen (secondary N) is 1. The van der Waals surface area contributed by atoms with E-state index >= 15 is 0 Å². The summed E-state index contributed by atoms with van der Waals surface area (Å²) < 4.78 is 18.0. The molecule has 2 aromatic rings. The maximum absolute atomic E-state index is 12.9. The van der Waals surface area contributed by atoms with E-state index in [9.17, 15) is 14.0 Å². The number of primary amides is 1. The number of benzene rings is 2. The van der Waals surface area contributed by atoms with Gasteiger partial charge in [-0.25, -0.2) is 4.39 Å². The Bertz CT molecular complexity index is 714. The molecule has 0 aromatic heterocycles. The molecule has 0 aliphatic carbocycles. The Labute approximate surface area is 146 Å². The summed E-state index contributed by atoms with van der Waals surface area (Å²) >= 11 is 0. The highest BCUT2D eigenvalue weighted by molar-refractivity contribution is 5.81. The van der Waals surface area contributed by atoms with Crippen molar-refractivity contribution < 1.29 is 18.7 Å². The predicted octanol–water partition coefficient (Wildman–Crippen LogP) is 1.84. The average molecular weight is 344 g/mol. The zero-order valence-electron chi connectivity index (χ0n) is 14.0. The SMILES string of the molecule is COc1ccc(CC(=O)NC[C@@H](Cc2ccc(F)cc2)C(N)=O)cc1. The molecule has 0 saturated carbocycles. The Kier molecular flexibility index (Phi) is 6.51. The molecular weight excluding hydrogens is 323 g/mol. The Morgan fingerprint density at radius 2 is 1.68 bits per heavy atom. The molecule has 6 heteroatoms. The number of hydrogen-bond donors (Lipinski definition) is 2. The summed E-state index contributed by atoms with van der Waals surface area (Å²) in [6.45, 7) is 0.141. The summed E-state index contributed by atoms with van der Waals surface area (Å²) in [5, 5.41) is 2.73. The van der Waals surface area contributed by atoms with Crippen LogP contribution in [-0.2, 0) is 22.4 Å². The van der Waals surface area contributed by atoms with Gasteiger partial charge in [0.2, 0.25) is 11.8 Å². The van der Waals surface area contributed by atoms with Gasteiger partial charge in [0, 0.05) is 6.54 Å². The molecule has 0 aliphatic heterocycles. The van der Waals surface area contributed by atoms with Crippen molar-refractivity contribution in [3.05, 3.63) is 65.5 Å². The van der Waals surface area contributed by atoms with Crippen molar-refractivity contribution >= 4 is 11.8 Å². The summed E-state index contributed by atoms with van der Waals surface area (Å²) in [7, 11) is 1.58. The van der Waals surface area contributed by atoms with Gasteiger partial charge in [-0.2, -0.15) is 0 Å². The van der Waals surface area contributed by atoms with Gasteiger partial charge in [0.25, 0.3) is 0 Å². The van der Waals surface area contributed by atoms with Gasteiger partial charge in [0.15, 0.2) is 0 Å². The maximum atomic E-state index is 12.9. The largest absolute Gasteiger partial charge is 0.497 e. The first-order chi connectivity index (χ1) is 12.0. The molecule has 0 unspecified atom stereocenters. The van der Waals surface area contributed by atoms with Gasteiger partial charge in [0.1, 0.15) is 11.6 Å². The van der Waals surface area contributed by atoms with E-state index in [0.29, 0.717) is 6.42 Å². The van der Waals surface area contributed by atoms with Crippen molar-refractivity contribution in [1.29, 1.82) is 0 Å². The van der Waals surface area contributed by atoms with Crippen LogP contribution in [0.2, 0.25) is 0 Å². The first-order valence-electron chi connectivity index (χ1n) is 7.91. The lowest BCUT2D eigenvalue weighted by molar-refractivity contribution is -0.123. The van der Waals surface area contributed by atoms with E-state index in [0.717, 1.165) is 16.9 Å². The normalized spacial score (nSPS) is 11.6. The molecule has 0 bridgehead atoms. The smallest absolute Gasteiger partial charge is 0.224 e. The number of hydrogen-bond acceptors (Lipinski definition) is 3. The molecule has 1 atom stereocenters. The molecule has 0 spiro atoms. The summed E-state index contributed by atoms with van der Waals surface area (Å²) in [6.07, 6.45) is 0.546. The number of carbonyl (C=O) groups is 2. The third-order valence-electron chi connectivity index (χ3n) is 3.87. The van der Waals surface area contributed by atoms with Crippen LogP contribution >= 0.6 is 0 Å². The first-order valence-corrected chi connectivity index (χ1v) is 7.91. The Hall–Kier alpha value is -2.89. The van der Waals surface area contributed by atoms with E-state index in [4.69, 9.17) is 10.5 Å². The number of methoxy groups -OCH3 is 1. The standard InChI is InChI=1S/C19H21FN2O3/c1-25-17-8-4-14(5-9-17)11-18(23)22-12-15(19(21)24)10-13-2-6-16(20)7-3-13/h2-9,15H,10-12H2,1H3,(H2,21,24)(H,22,23)/t15-/m1/s1. The fourth-order valence-electron chi connectivity index (χ4n) is 2.41. The molecule has 0 radical (unpaired) electrons. The van der Waals surface area contributed by atoms with Gasteiger partial charge in [-0.3, -0.25) is 9.59 Å². The summed E-state index contributed by atoms with van der Waals surface area (Å²) in [5.41, 5.74) is 7.03. The molecular formula is C19H21FN2O3. The summed E-state index contributed by atoms with van der Waals surface area (Å²) in [4.78, 5) is 23.6. The minimum Gasteiger partial charge on any atom is -0.497 e. The number of halogens is 1. The van der Waals surface area contributed by atoms with Crippen LogP contribution in [0, 0.1) is 11.7 Å². The van der Waals surface area contributed by atoms with E-state index in [-0.39, 0.29) is 24.7 Å². The number of rotatable bonds is 8. The zero-order valence-corrected chi connectivity index (χ0v) is 14.0. The molecule has 0 heterocycles. The van der Waals surface area contributed by atoms with Gasteiger partial charge < -0.3 is 15.8 Å². The van der Waals surface area contributed by atoms with Gasteiger partial charge in [-0.15, -0.1) is 0 Å². The number of nitrogens with two attached hydrogens (primary N) is 1. The number of ether oxygens (including phenoxy) is 1. The molecule has 0 aliphatic rings. The minimum absolute atomic E-state index is 0.141. The lowest BCUT2D eigenvalue weighted by atomic mass is 9.98.